The number of hydrogen-bond donors (Lipinski definition) is 1. The van der Waals surface area contributed by atoms with Crippen LogP contribution in [0.25, 0.3) is 5.78 Å². The molecule has 1 unspecified atom stereocenters. The molecule has 1 aliphatic heterocycles. The molecule has 0 bridgehead atoms. The van der Waals surface area contributed by atoms with Crippen LogP contribution in [0.15, 0.2) is 37.2 Å². The second-order valence-electron chi connectivity index (χ2n) is 7.53. The van der Waals surface area contributed by atoms with Crippen molar-refractivity contribution in [1.82, 2.24) is 39.4 Å². The highest BCUT2D eigenvalue weighted by molar-refractivity contribution is 5.78. The number of hydrogen-bond acceptors (Lipinski definition) is 6. The SMILES string of the molecule is Cc1nc2ncnn2c(C)c1CCC(=O)N1CCc2[nH]cnc2C1c1cccnc1. The van der Waals surface area contributed by atoms with Crippen molar-refractivity contribution in [3.05, 3.63) is 71.1 Å². The van der Waals surface area contributed by atoms with Crippen LogP contribution < -0.4 is 0 Å². The van der Waals surface area contributed by atoms with Crippen LogP contribution in [0.3, 0.4) is 0 Å². The number of imidazole rings is 1. The summed E-state index contributed by atoms with van der Waals surface area (Å²) >= 11 is 0. The fourth-order valence-electron chi connectivity index (χ4n) is 4.31. The molecule has 0 aromatic carbocycles. The van der Waals surface area contributed by atoms with Gasteiger partial charge in [-0.05, 0) is 37.5 Å². The molecule has 1 N–H and O–H groups in total. The number of nitrogens with one attached hydrogen (secondary N) is 1. The van der Waals surface area contributed by atoms with Crippen molar-refractivity contribution >= 4 is 11.7 Å². The summed E-state index contributed by atoms with van der Waals surface area (Å²) in [6.07, 6.45) is 8.50. The van der Waals surface area contributed by atoms with E-state index in [1.165, 1.54) is 6.33 Å². The Morgan fingerprint density at radius 1 is 1.30 bits per heavy atom. The van der Waals surface area contributed by atoms with Crippen molar-refractivity contribution in [2.45, 2.75) is 39.2 Å². The van der Waals surface area contributed by atoms with Gasteiger partial charge in [-0.3, -0.25) is 9.78 Å². The van der Waals surface area contributed by atoms with Crippen LogP contribution >= 0.6 is 0 Å². The van der Waals surface area contributed by atoms with Gasteiger partial charge in [-0.15, -0.1) is 0 Å². The minimum Gasteiger partial charge on any atom is -0.348 e. The van der Waals surface area contributed by atoms with Gasteiger partial charge in [0.2, 0.25) is 5.91 Å². The number of pyridine rings is 1. The molecule has 30 heavy (non-hydrogen) atoms. The second kappa shape index (κ2) is 7.33. The van der Waals surface area contributed by atoms with E-state index in [2.05, 4.69) is 30.0 Å². The van der Waals surface area contributed by atoms with Gasteiger partial charge in [0.05, 0.1) is 12.0 Å². The molecule has 5 rings (SSSR count). The van der Waals surface area contributed by atoms with Gasteiger partial charge in [-0.2, -0.15) is 10.1 Å². The first-order valence-corrected chi connectivity index (χ1v) is 10.0. The molecule has 0 radical (unpaired) electrons. The van der Waals surface area contributed by atoms with E-state index in [0.717, 1.165) is 40.3 Å². The number of amides is 1. The predicted molar refractivity (Wildman–Crippen MR) is 109 cm³/mol. The molecule has 9 heteroatoms. The zero-order valence-corrected chi connectivity index (χ0v) is 16.9. The van der Waals surface area contributed by atoms with Gasteiger partial charge < -0.3 is 9.88 Å². The molecule has 5 heterocycles. The third-order valence-electron chi connectivity index (χ3n) is 5.82. The number of nitrogens with zero attached hydrogens (tertiary/aromatic N) is 7. The number of fused-ring (bicyclic) bond motifs is 2. The molecule has 152 valence electrons. The highest BCUT2D eigenvalue weighted by atomic mass is 16.2. The highest BCUT2D eigenvalue weighted by Gasteiger charge is 2.34. The van der Waals surface area contributed by atoms with E-state index in [1.807, 2.05) is 37.1 Å². The summed E-state index contributed by atoms with van der Waals surface area (Å²) in [6, 6.07) is 3.67. The van der Waals surface area contributed by atoms with Crippen molar-refractivity contribution in [2.75, 3.05) is 6.54 Å². The standard InChI is InChI=1S/C21H22N8O/c1-13-16(14(2)29-21(27-13)25-12-26-29)5-6-18(30)28-9-7-17-19(24-11-23-17)20(28)15-4-3-8-22-10-15/h3-4,8,10-12,20H,5-7,9H2,1-2H3,(H,23,24). The summed E-state index contributed by atoms with van der Waals surface area (Å²) in [5.74, 6) is 0.675. The molecule has 0 aliphatic carbocycles. The summed E-state index contributed by atoms with van der Waals surface area (Å²) in [6.45, 7) is 4.59. The van der Waals surface area contributed by atoms with Gasteiger partial charge in [-0.25, -0.2) is 14.5 Å². The zero-order valence-electron chi connectivity index (χ0n) is 16.9. The van der Waals surface area contributed by atoms with Gasteiger partial charge in [0.15, 0.2) is 0 Å². The number of carbonyl (C=O) groups is 1. The smallest absolute Gasteiger partial charge is 0.252 e. The van der Waals surface area contributed by atoms with E-state index >= 15 is 0 Å². The summed E-state index contributed by atoms with van der Waals surface area (Å²) in [5, 5.41) is 4.24. The molecular formula is C21H22N8O. The number of aromatic amines is 1. The maximum absolute atomic E-state index is 13.3. The second-order valence-corrected chi connectivity index (χ2v) is 7.53. The lowest BCUT2D eigenvalue weighted by Crippen LogP contribution is -2.41. The van der Waals surface area contributed by atoms with Crippen LogP contribution in [0, 0.1) is 13.8 Å². The van der Waals surface area contributed by atoms with Crippen LogP contribution in [0.2, 0.25) is 0 Å². The van der Waals surface area contributed by atoms with Crippen molar-refractivity contribution < 1.29 is 4.79 Å². The number of H-pyrrole nitrogens is 1. The fourth-order valence-corrected chi connectivity index (χ4v) is 4.31. The highest BCUT2D eigenvalue weighted by Crippen LogP contribution is 2.33. The first-order valence-electron chi connectivity index (χ1n) is 10.0. The molecule has 0 fully saturated rings. The normalized spacial score (nSPS) is 16.1. The van der Waals surface area contributed by atoms with Gasteiger partial charge >= 0.3 is 0 Å². The summed E-state index contributed by atoms with van der Waals surface area (Å²) in [7, 11) is 0. The van der Waals surface area contributed by atoms with E-state index in [4.69, 9.17) is 0 Å². The van der Waals surface area contributed by atoms with E-state index in [1.54, 1.807) is 17.0 Å². The molecule has 0 saturated heterocycles. The van der Waals surface area contributed by atoms with Crippen molar-refractivity contribution in [3.63, 3.8) is 0 Å². The third-order valence-corrected chi connectivity index (χ3v) is 5.82. The fraction of sp³-hybridized carbons (Fsp3) is 0.333. The Hall–Kier alpha value is -3.62. The topological polar surface area (TPSA) is 105 Å². The van der Waals surface area contributed by atoms with Crippen LogP contribution in [0.1, 0.15) is 46.4 Å². The van der Waals surface area contributed by atoms with E-state index in [9.17, 15) is 4.79 Å². The molecule has 4 aromatic heterocycles. The quantitative estimate of drug-likeness (QED) is 0.560. The van der Waals surface area contributed by atoms with Crippen molar-refractivity contribution in [3.8, 4) is 0 Å². The summed E-state index contributed by atoms with van der Waals surface area (Å²) < 4.78 is 1.72. The van der Waals surface area contributed by atoms with Crippen LogP contribution in [0.4, 0.5) is 0 Å². The number of aromatic nitrogens is 7. The molecule has 1 amide bonds. The van der Waals surface area contributed by atoms with Crippen LogP contribution in [0.5, 0.6) is 0 Å². The Balaban J connectivity index is 1.42. The van der Waals surface area contributed by atoms with Crippen LogP contribution in [-0.4, -0.2) is 51.9 Å². The lowest BCUT2D eigenvalue weighted by molar-refractivity contribution is -0.133. The first-order chi connectivity index (χ1) is 14.6. The minimum absolute atomic E-state index is 0.0926. The van der Waals surface area contributed by atoms with E-state index in [-0.39, 0.29) is 11.9 Å². The average Bonchev–Trinajstić information content (AvgIpc) is 3.42. The van der Waals surface area contributed by atoms with Crippen molar-refractivity contribution in [1.29, 1.82) is 0 Å². The summed E-state index contributed by atoms with van der Waals surface area (Å²) in [5.41, 5.74) is 5.85. The monoisotopic (exact) mass is 402 g/mol. The van der Waals surface area contributed by atoms with E-state index < -0.39 is 0 Å². The lowest BCUT2D eigenvalue weighted by atomic mass is 9.96. The first kappa shape index (κ1) is 18.4. The molecule has 0 saturated carbocycles. The Labute approximate surface area is 173 Å². The van der Waals surface area contributed by atoms with Crippen molar-refractivity contribution in [2.24, 2.45) is 0 Å². The largest absolute Gasteiger partial charge is 0.348 e. The Kier molecular flexibility index (Phi) is 4.50. The third kappa shape index (κ3) is 3.02. The van der Waals surface area contributed by atoms with Crippen LogP contribution in [-0.2, 0) is 17.6 Å². The molecule has 4 aromatic rings. The van der Waals surface area contributed by atoms with Gasteiger partial charge in [0, 0.05) is 48.9 Å². The maximum atomic E-state index is 13.3. The zero-order chi connectivity index (χ0) is 20.7. The molecule has 1 aliphatic rings. The molecule has 0 spiro atoms. The maximum Gasteiger partial charge on any atom is 0.252 e. The molecular weight excluding hydrogens is 380 g/mol. The molecule has 9 nitrogen and oxygen atoms in total. The van der Waals surface area contributed by atoms with E-state index in [0.29, 0.717) is 25.2 Å². The van der Waals surface area contributed by atoms with Gasteiger partial charge in [0.1, 0.15) is 12.4 Å². The minimum atomic E-state index is -0.223. The Morgan fingerprint density at radius 2 is 2.20 bits per heavy atom. The molecule has 1 atom stereocenters. The Morgan fingerprint density at radius 3 is 3.03 bits per heavy atom. The van der Waals surface area contributed by atoms with Gasteiger partial charge in [-0.1, -0.05) is 6.07 Å². The van der Waals surface area contributed by atoms with Gasteiger partial charge in [0.25, 0.3) is 5.78 Å². The number of carbonyl (C=O) groups excluding carboxylic acids is 1. The summed E-state index contributed by atoms with van der Waals surface area (Å²) in [4.78, 5) is 35.9. The number of rotatable bonds is 4. The lowest BCUT2D eigenvalue weighted by Gasteiger charge is -2.35. The predicted octanol–water partition coefficient (Wildman–Crippen LogP) is 1.97. The number of aryl methyl sites for hydroxylation is 2. The Bertz CT molecular complexity index is 1210. The average molecular weight is 402 g/mol.